The van der Waals surface area contributed by atoms with Crippen molar-refractivity contribution in [2.45, 2.75) is 18.8 Å². The van der Waals surface area contributed by atoms with Crippen molar-refractivity contribution in [1.29, 1.82) is 0 Å². The number of piperidine rings is 1. The molecule has 32 heavy (non-hydrogen) atoms. The molecule has 0 aliphatic carbocycles. The van der Waals surface area contributed by atoms with Crippen LogP contribution >= 0.6 is 0 Å². The van der Waals surface area contributed by atoms with Crippen LogP contribution in [0.15, 0.2) is 59.4 Å². The van der Waals surface area contributed by atoms with Gasteiger partial charge in [-0.2, -0.15) is 4.98 Å². The molecule has 0 atom stereocenters. The van der Waals surface area contributed by atoms with Gasteiger partial charge in [-0.25, -0.2) is 4.68 Å². The Morgan fingerprint density at radius 3 is 2.66 bits per heavy atom. The average molecular weight is 431 g/mol. The second-order valence-corrected chi connectivity index (χ2v) is 7.56. The minimum absolute atomic E-state index is 0.0113. The van der Waals surface area contributed by atoms with E-state index >= 15 is 0 Å². The molecule has 1 aliphatic heterocycles. The monoisotopic (exact) mass is 431 g/mol. The summed E-state index contributed by atoms with van der Waals surface area (Å²) in [5, 5.41) is 15.3. The maximum Gasteiger partial charge on any atom is 0.253 e. The molecule has 0 radical (unpaired) electrons. The average Bonchev–Trinajstić information content (AvgIpc) is 3.57. The number of aromatic nitrogens is 6. The second kappa shape index (κ2) is 8.58. The first-order chi connectivity index (χ1) is 15.7. The van der Waals surface area contributed by atoms with E-state index in [0.717, 1.165) is 29.8 Å². The van der Waals surface area contributed by atoms with Crippen LogP contribution in [-0.2, 0) is 0 Å². The lowest BCUT2D eigenvalue weighted by molar-refractivity contribution is 0.0704. The summed E-state index contributed by atoms with van der Waals surface area (Å²) in [4.78, 5) is 19.5. The van der Waals surface area contributed by atoms with Gasteiger partial charge in [-0.05, 0) is 65.7 Å². The molecule has 2 aromatic heterocycles. The van der Waals surface area contributed by atoms with E-state index in [-0.39, 0.29) is 11.8 Å². The van der Waals surface area contributed by atoms with Crippen molar-refractivity contribution in [1.82, 2.24) is 35.2 Å². The summed E-state index contributed by atoms with van der Waals surface area (Å²) in [6.07, 6.45) is 3.03. The molecule has 1 aliphatic rings. The number of hydrogen-bond donors (Lipinski definition) is 0. The van der Waals surface area contributed by atoms with Crippen molar-refractivity contribution in [3.63, 3.8) is 0 Å². The van der Waals surface area contributed by atoms with Crippen LogP contribution in [0.5, 0.6) is 5.75 Å². The summed E-state index contributed by atoms with van der Waals surface area (Å²) in [7, 11) is 1.63. The molecule has 162 valence electrons. The van der Waals surface area contributed by atoms with E-state index in [2.05, 4.69) is 25.7 Å². The van der Waals surface area contributed by atoms with Gasteiger partial charge in [0.25, 0.3) is 5.91 Å². The van der Waals surface area contributed by atoms with Gasteiger partial charge in [-0.3, -0.25) is 4.79 Å². The molecule has 0 spiro atoms. The van der Waals surface area contributed by atoms with Crippen LogP contribution in [0.4, 0.5) is 0 Å². The zero-order valence-corrected chi connectivity index (χ0v) is 17.5. The molecule has 1 fully saturated rings. The zero-order chi connectivity index (χ0) is 21.9. The van der Waals surface area contributed by atoms with Crippen LogP contribution in [-0.4, -0.2) is 61.4 Å². The molecule has 1 saturated heterocycles. The third-order valence-corrected chi connectivity index (χ3v) is 5.63. The molecule has 4 aromatic rings. The Morgan fingerprint density at radius 2 is 1.94 bits per heavy atom. The number of carbonyl (C=O) groups excluding carboxylic acids is 1. The number of hydrogen-bond acceptors (Lipinski definition) is 8. The lowest BCUT2D eigenvalue weighted by Crippen LogP contribution is -2.38. The summed E-state index contributed by atoms with van der Waals surface area (Å²) in [5.41, 5.74) is 2.22. The molecule has 0 saturated carbocycles. The van der Waals surface area contributed by atoms with E-state index in [1.807, 2.05) is 41.3 Å². The second-order valence-electron chi connectivity index (χ2n) is 7.56. The quantitative estimate of drug-likeness (QED) is 0.474. The highest BCUT2D eigenvalue weighted by Crippen LogP contribution is 2.29. The summed E-state index contributed by atoms with van der Waals surface area (Å²) in [5.74, 6) is 2.07. The fraction of sp³-hybridized carbons (Fsp3) is 0.273. The molecule has 2 aromatic carbocycles. The third-order valence-electron chi connectivity index (χ3n) is 5.63. The molecular formula is C22H21N7O3. The molecule has 5 rings (SSSR count). The number of ether oxygens (including phenoxy) is 1. The molecule has 1 amide bonds. The fourth-order valence-electron chi connectivity index (χ4n) is 3.83. The van der Waals surface area contributed by atoms with Crippen molar-refractivity contribution in [2.24, 2.45) is 0 Å². The van der Waals surface area contributed by atoms with Gasteiger partial charge >= 0.3 is 0 Å². The topological polar surface area (TPSA) is 112 Å². The SMILES string of the molecule is COc1ccc(-c2noc(C3CCN(C(=O)c4cccc(-n5cnnn5)c4)CC3)n2)cc1. The van der Waals surface area contributed by atoms with Crippen molar-refractivity contribution < 1.29 is 14.1 Å². The lowest BCUT2D eigenvalue weighted by atomic mass is 9.96. The fourth-order valence-corrected chi connectivity index (χ4v) is 3.83. The van der Waals surface area contributed by atoms with Gasteiger partial charge in [-0.1, -0.05) is 11.2 Å². The normalized spacial score (nSPS) is 14.5. The van der Waals surface area contributed by atoms with Gasteiger partial charge in [0, 0.05) is 30.1 Å². The maximum absolute atomic E-state index is 13.0. The van der Waals surface area contributed by atoms with Crippen molar-refractivity contribution >= 4 is 5.91 Å². The maximum atomic E-state index is 13.0. The van der Waals surface area contributed by atoms with E-state index in [0.29, 0.717) is 30.4 Å². The zero-order valence-electron chi connectivity index (χ0n) is 17.5. The Bertz CT molecular complexity index is 1200. The van der Waals surface area contributed by atoms with E-state index in [9.17, 15) is 4.79 Å². The molecule has 0 bridgehead atoms. The van der Waals surface area contributed by atoms with Crippen LogP contribution in [0.1, 0.15) is 35.0 Å². The molecule has 10 heteroatoms. The number of likely N-dealkylation sites (tertiary alicyclic amines) is 1. The highest BCUT2D eigenvalue weighted by molar-refractivity contribution is 5.94. The number of carbonyl (C=O) groups is 1. The summed E-state index contributed by atoms with van der Waals surface area (Å²) >= 11 is 0. The van der Waals surface area contributed by atoms with Crippen molar-refractivity contribution in [2.75, 3.05) is 20.2 Å². The van der Waals surface area contributed by atoms with Crippen LogP contribution in [0, 0.1) is 0 Å². The van der Waals surface area contributed by atoms with E-state index in [4.69, 9.17) is 9.26 Å². The van der Waals surface area contributed by atoms with Gasteiger partial charge < -0.3 is 14.2 Å². The lowest BCUT2D eigenvalue weighted by Gasteiger charge is -2.30. The minimum atomic E-state index is -0.0113. The Kier molecular flexibility index (Phi) is 5.32. The third kappa shape index (κ3) is 3.94. The van der Waals surface area contributed by atoms with Gasteiger partial charge in [-0.15, -0.1) is 5.10 Å². The Morgan fingerprint density at radius 1 is 1.12 bits per heavy atom. The number of methoxy groups -OCH3 is 1. The molecular weight excluding hydrogens is 410 g/mol. The standard InChI is InChI=1S/C22H21N7O3/c1-31-19-7-5-15(6-8-19)20-24-21(32-25-20)16-9-11-28(12-10-16)22(30)17-3-2-4-18(13-17)29-14-23-26-27-29/h2-8,13-14,16H,9-12H2,1H3. The van der Waals surface area contributed by atoms with E-state index in [1.165, 1.54) is 11.0 Å². The van der Waals surface area contributed by atoms with Crippen LogP contribution in [0.3, 0.4) is 0 Å². The van der Waals surface area contributed by atoms with E-state index < -0.39 is 0 Å². The Labute approximate surface area is 183 Å². The van der Waals surface area contributed by atoms with Crippen molar-refractivity contribution in [3.8, 4) is 22.8 Å². The smallest absolute Gasteiger partial charge is 0.253 e. The molecule has 0 unspecified atom stereocenters. The Balaban J connectivity index is 1.23. The summed E-state index contributed by atoms with van der Waals surface area (Å²) in [6, 6.07) is 14.8. The number of benzene rings is 2. The highest BCUT2D eigenvalue weighted by Gasteiger charge is 2.28. The first kappa shape index (κ1) is 19.9. The minimum Gasteiger partial charge on any atom is -0.497 e. The van der Waals surface area contributed by atoms with Crippen molar-refractivity contribution in [3.05, 3.63) is 66.3 Å². The van der Waals surface area contributed by atoms with Gasteiger partial charge in [0.05, 0.1) is 12.8 Å². The first-order valence-electron chi connectivity index (χ1n) is 10.3. The molecule has 0 N–H and O–H groups in total. The van der Waals surface area contributed by atoms with Crippen LogP contribution in [0.25, 0.3) is 17.1 Å². The predicted molar refractivity (Wildman–Crippen MR) is 113 cm³/mol. The number of rotatable bonds is 5. The number of tetrazole rings is 1. The molecule has 10 nitrogen and oxygen atoms in total. The summed E-state index contributed by atoms with van der Waals surface area (Å²) < 4.78 is 12.2. The van der Waals surface area contributed by atoms with Crippen LogP contribution < -0.4 is 4.74 Å². The predicted octanol–water partition coefficient (Wildman–Crippen LogP) is 2.74. The largest absolute Gasteiger partial charge is 0.497 e. The summed E-state index contributed by atoms with van der Waals surface area (Å²) in [6.45, 7) is 1.25. The van der Waals surface area contributed by atoms with Crippen LogP contribution in [0.2, 0.25) is 0 Å². The van der Waals surface area contributed by atoms with Gasteiger partial charge in [0.1, 0.15) is 12.1 Å². The van der Waals surface area contributed by atoms with Gasteiger partial charge in [0.15, 0.2) is 0 Å². The number of amides is 1. The van der Waals surface area contributed by atoms with E-state index in [1.54, 1.807) is 19.2 Å². The van der Waals surface area contributed by atoms with Gasteiger partial charge in [0.2, 0.25) is 11.7 Å². The first-order valence-corrected chi connectivity index (χ1v) is 10.3. The number of nitrogens with zero attached hydrogens (tertiary/aromatic N) is 7. The highest BCUT2D eigenvalue weighted by atomic mass is 16.5. The molecule has 3 heterocycles. The Hall–Kier alpha value is -4.08.